The maximum atomic E-state index is 14.0. The van der Waals surface area contributed by atoms with Gasteiger partial charge in [0.25, 0.3) is 0 Å². The molecule has 8 heteroatoms. The van der Waals surface area contributed by atoms with Gasteiger partial charge in [0.2, 0.25) is 5.91 Å². The average Bonchev–Trinajstić information content (AvgIpc) is 3.81. The minimum Gasteiger partial charge on any atom is -0.355 e. The largest absolute Gasteiger partial charge is 0.355 e. The van der Waals surface area contributed by atoms with Gasteiger partial charge in [-0.05, 0) is 100 Å². The van der Waals surface area contributed by atoms with E-state index in [1.807, 2.05) is 24.3 Å². The van der Waals surface area contributed by atoms with Crippen molar-refractivity contribution in [1.82, 2.24) is 20.5 Å². The number of fused-ring (bicyclic) bond motifs is 3. The third kappa shape index (κ3) is 5.94. The third-order valence-corrected chi connectivity index (χ3v) is 12.2. The second-order valence-electron chi connectivity index (χ2n) is 14.9. The smallest absolute Gasteiger partial charge is 0.225 e. The number of piperidine rings is 1. The fraction of sp³-hybridized carbons (Fsp3) is 0.462. The summed E-state index contributed by atoms with van der Waals surface area (Å²) in [5.41, 5.74) is 7.07. The first-order chi connectivity index (χ1) is 22.5. The van der Waals surface area contributed by atoms with Crippen molar-refractivity contribution in [3.63, 3.8) is 0 Å². The fourth-order valence-electron chi connectivity index (χ4n) is 8.31. The summed E-state index contributed by atoms with van der Waals surface area (Å²) in [6, 6.07) is 19.1. The van der Waals surface area contributed by atoms with E-state index in [2.05, 4.69) is 85.5 Å². The fourth-order valence-corrected chi connectivity index (χ4v) is 9.49. The van der Waals surface area contributed by atoms with Gasteiger partial charge in [0.15, 0.2) is 0 Å². The van der Waals surface area contributed by atoms with Crippen molar-refractivity contribution in [3.05, 3.63) is 81.2 Å². The van der Waals surface area contributed by atoms with Crippen LogP contribution in [0.25, 0.3) is 21.5 Å². The number of nitrogens with one attached hydrogen (secondary N) is 3. The van der Waals surface area contributed by atoms with Crippen molar-refractivity contribution >= 4 is 33.2 Å². The molecule has 2 aromatic carbocycles. The molecular formula is C39H45N5O2S. The molecule has 3 unspecified atom stereocenters. The SMILES string of the molecule is Cc1cc(C)cc(-c2[nH]c3sc(C(C)(C)C(=O)C4C5CCC4NC5)cc3c2[C@H](C)CNC(=O)C2CN(Cc3cccc(C#N)c3)C2)c1. The molecular weight excluding hydrogens is 603 g/mol. The lowest BCUT2D eigenvalue weighted by molar-refractivity contribution is -0.130. The Morgan fingerprint density at radius 1 is 1.11 bits per heavy atom. The van der Waals surface area contributed by atoms with Gasteiger partial charge in [-0.15, -0.1) is 11.3 Å². The Morgan fingerprint density at radius 2 is 1.87 bits per heavy atom. The number of hydrogen-bond acceptors (Lipinski definition) is 6. The van der Waals surface area contributed by atoms with Gasteiger partial charge < -0.3 is 15.6 Å². The standard InChI is InChI=1S/C39H45N5O2S/c1-22-11-23(2)13-28(12-22)35-33(24(3)17-42-37(46)29-20-44(21-29)19-26-8-6-7-25(14-26)16-40)30-15-32(47-38(30)43-35)39(4,5)36(45)34-27-9-10-31(34)41-18-27/h6-8,11-15,24,27,29,31,34,41,43H,9-10,17-21H2,1-5H3,(H,42,46)/t24-,27?,31?,34?/m1/s1. The first-order valence-corrected chi connectivity index (χ1v) is 17.8. The number of aromatic amines is 1. The maximum Gasteiger partial charge on any atom is 0.225 e. The summed E-state index contributed by atoms with van der Waals surface area (Å²) in [6.45, 7) is 14.3. The Morgan fingerprint density at radius 3 is 2.53 bits per heavy atom. The van der Waals surface area contributed by atoms with Gasteiger partial charge in [0.1, 0.15) is 10.6 Å². The van der Waals surface area contributed by atoms with Crippen molar-refractivity contribution < 1.29 is 9.59 Å². The van der Waals surface area contributed by atoms with Crippen molar-refractivity contribution in [3.8, 4) is 17.3 Å². The quantitative estimate of drug-likeness (QED) is 0.181. The lowest BCUT2D eigenvalue weighted by Gasteiger charge is -2.38. The van der Waals surface area contributed by atoms with Gasteiger partial charge in [-0.1, -0.05) is 36.2 Å². The van der Waals surface area contributed by atoms with E-state index >= 15 is 0 Å². The molecule has 2 saturated heterocycles. The van der Waals surface area contributed by atoms with Crippen LogP contribution in [-0.4, -0.2) is 53.8 Å². The maximum absolute atomic E-state index is 14.0. The van der Waals surface area contributed by atoms with Gasteiger partial charge in [0, 0.05) is 54.3 Å². The predicted octanol–water partition coefficient (Wildman–Crippen LogP) is 6.58. The summed E-state index contributed by atoms with van der Waals surface area (Å²) in [5, 5.41) is 17.2. The van der Waals surface area contributed by atoms with Gasteiger partial charge in [-0.3, -0.25) is 14.5 Å². The molecule has 4 atom stereocenters. The highest BCUT2D eigenvalue weighted by Gasteiger charge is 2.50. The monoisotopic (exact) mass is 647 g/mol. The van der Waals surface area contributed by atoms with Gasteiger partial charge in [-0.2, -0.15) is 5.26 Å². The first-order valence-electron chi connectivity index (χ1n) is 17.0. The molecule has 4 aromatic rings. The highest BCUT2D eigenvalue weighted by Crippen LogP contribution is 2.46. The van der Waals surface area contributed by atoms with E-state index in [0.717, 1.165) is 57.8 Å². The number of likely N-dealkylation sites (tertiary alicyclic amines) is 1. The van der Waals surface area contributed by atoms with E-state index in [9.17, 15) is 14.9 Å². The van der Waals surface area contributed by atoms with Crippen molar-refractivity contribution in [1.29, 1.82) is 5.26 Å². The van der Waals surface area contributed by atoms with Crippen LogP contribution < -0.4 is 10.6 Å². The molecule has 2 aliphatic heterocycles. The number of hydrogen-bond donors (Lipinski definition) is 3. The van der Waals surface area contributed by atoms with Crippen LogP contribution in [0.15, 0.2) is 48.5 Å². The summed E-state index contributed by atoms with van der Waals surface area (Å²) in [4.78, 5) is 35.5. The molecule has 244 valence electrons. The number of benzene rings is 2. The second-order valence-corrected chi connectivity index (χ2v) is 15.9. The highest BCUT2D eigenvalue weighted by atomic mass is 32.1. The van der Waals surface area contributed by atoms with E-state index in [4.69, 9.17) is 0 Å². The van der Waals surface area contributed by atoms with Crippen LogP contribution in [0.4, 0.5) is 0 Å². The Bertz CT molecular complexity index is 1850. The number of nitrogens with zero attached hydrogens (tertiary/aromatic N) is 2. The molecule has 1 aliphatic carbocycles. The molecule has 3 fully saturated rings. The van der Waals surface area contributed by atoms with Crippen LogP contribution in [0.1, 0.15) is 72.2 Å². The number of carbonyl (C=O) groups is 2. The molecule has 47 heavy (non-hydrogen) atoms. The lowest BCUT2D eigenvalue weighted by Crippen LogP contribution is -2.53. The van der Waals surface area contributed by atoms with E-state index < -0.39 is 5.41 Å². The van der Waals surface area contributed by atoms with E-state index in [-0.39, 0.29) is 23.7 Å². The molecule has 7 nitrogen and oxygen atoms in total. The summed E-state index contributed by atoms with van der Waals surface area (Å²) >= 11 is 1.71. The van der Waals surface area contributed by atoms with Crippen LogP contribution in [0, 0.1) is 42.9 Å². The Labute approximate surface area is 281 Å². The van der Waals surface area contributed by atoms with Crippen LogP contribution in [0.3, 0.4) is 0 Å². The number of aryl methyl sites for hydroxylation is 2. The zero-order chi connectivity index (χ0) is 33.0. The first kappa shape index (κ1) is 31.8. The second kappa shape index (κ2) is 12.4. The number of H-pyrrole nitrogens is 1. The van der Waals surface area contributed by atoms with Crippen molar-refractivity contribution in [2.75, 3.05) is 26.2 Å². The molecule has 0 spiro atoms. The predicted molar refractivity (Wildman–Crippen MR) is 188 cm³/mol. The number of carbonyl (C=O) groups excluding carboxylic acids is 2. The summed E-state index contributed by atoms with van der Waals surface area (Å²) in [7, 11) is 0. The summed E-state index contributed by atoms with van der Waals surface area (Å²) < 4.78 is 0. The molecule has 7 rings (SSSR count). The van der Waals surface area contributed by atoms with Crippen molar-refractivity contribution in [2.24, 2.45) is 17.8 Å². The Kier molecular flexibility index (Phi) is 8.36. The van der Waals surface area contributed by atoms with E-state index in [1.165, 1.54) is 16.7 Å². The zero-order valence-electron chi connectivity index (χ0n) is 28.1. The highest BCUT2D eigenvalue weighted by molar-refractivity contribution is 7.19. The van der Waals surface area contributed by atoms with E-state index in [1.54, 1.807) is 11.3 Å². The van der Waals surface area contributed by atoms with Gasteiger partial charge in [-0.25, -0.2) is 0 Å². The summed E-state index contributed by atoms with van der Waals surface area (Å²) in [5.74, 6) is 1.05. The van der Waals surface area contributed by atoms with Crippen LogP contribution in [0.5, 0.6) is 0 Å². The number of aromatic nitrogens is 1. The minimum atomic E-state index is -0.567. The summed E-state index contributed by atoms with van der Waals surface area (Å²) in [6.07, 6.45) is 2.25. The van der Waals surface area contributed by atoms with Crippen molar-refractivity contribution in [2.45, 2.75) is 71.4 Å². The molecule has 0 radical (unpaired) electrons. The molecule has 2 aromatic heterocycles. The van der Waals surface area contributed by atoms with Gasteiger partial charge >= 0.3 is 0 Å². The molecule has 1 saturated carbocycles. The molecule has 3 N–H and O–H groups in total. The number of Topliss-reactive ketones (excluding diaryl/α,β-unsaturated/α-hetero) is 1. The molecule has 2 bridgehead atoms. The lowest BCUT2D eigenvalue weighted by atomic mass is 9.76. The number of amides is 1. The van der Waals surface area contributed by atoms with E-state index in [0.29, 0.717) is 42.9 Å². The van der Waals surface area contributed by atoms with Crippen LogP contribution in [-0.2, 0) is 21.5 Å². The Hall–Kier alpha value is -3.77. The van der Waals surface area contributed by atoms with Gasteiger partial charge in [0.05, 0.1) is 28.7 Å². The number of rotatable bonds is 10. The van der Waals surface area contributed by atoms with Crippen LogP contribution >= 0.6 is 11.3 Å². The number of thiophene rings is 1. The third-order valence-electron chi connectivity index (χ3n) is 10.9. The molecule has 1 amide bonds. The Balaban J connectivity index is 1.10. The normalized spacial score (nSPS) is 21.9. The average molecular weight is 648 g/mol. The number of nitriles is 1. The minimum absolute atomic E-state index is 0.0357. The topological polar surface area (TPSA) is 101 Å². The number of ketones is 1. The van der Waals surface area contributed by atoms with Crippen LogP contribution in [0.2, 0.25) is 0 Å². The molecule has 4 heterocycles. The molecule has 3 aliphatic rings. The zero-order valence-corrected chi connectivity index (χ0v) is 28.9.